The first-order valence-corrected chi connectivity index (χ1v) is 8.95. The van der Waals surface area contributed by atoms with Gasteiger partial charge in [0.25, 0.3) is 5.91 Å². The van der Waals surface area contributed by atoms with Gasteiger partial charge in [-0.3, -0.25) is 14.7 Å². The Morgan fingerprint density at radius 1 is 1.21 bits per heavy atom. The number of urea groups is 1. The Labute approximate surface area is 162 Å². The summed E-state index contributed by atoms with van der Waals surface area (Å²) in [5.74, 6) is -0.698. The molecule has 2 aliphatic heterocycles. The molecule has 0 aliphatic carbocycles. The summed E-state index contributed by atoms with van der Waals surface area (Å²) in [6.07, 6.45) is 3.26. The summed E-state index contributed by atoms with van der Waals surface area (Å²) in [6.45, 7) is 4.52. The van der Waals surface area contributed by atoms with Crippen molar-refractivity contribution in [2.75, 3.05) is 13.1 Å². The van der Waals surface area contributed by atoms with E-state index in [1.165, 1.54) is 11.0 Å². The van der Waals surface area contributed by atoms with E-state index in [1.807, 2.05) is 12.1 Å². The van der Waals surface area contributed by atoms with Crippen LogP contribution in [0.3, 0.4) is 0 Å². The monoisotopic (exact) mass is 378 g/mol. The van der Waals surface area contributed by atoms with Gasteiger partial charge in [-0.05, 0) is 18.2 Å². The van der Waals surface area contributed by atoms with Crippen molar-refractivity contribution in [3.63, 3.8) is 0 Å². The van der Waals surface area contributed by atoms with Crippen LogP contribution in [0.4, 0.5) is 9.18 Å². The number of amides is 3. The molecule has 142 valence electrons. The minimum absolute atomic E-state index is 0.233. The lowest BCUT2D eigenvalue weighted by molar-refractivity contribution is -0.126. The Hall–Kier alpha value is -3.48. The lowest BCUT2D eigenvalue weighted by Crippen LogP contribution is -2.47. The van der Waals surface area contributed by atoms with Gasteiger partial charge in [0, 0.05) is 18.3 Å². The van der Waals surface area contributed by atoms with Crippen LogP contribution >= 0.6 is 0 Å². The van der Waals surface area contributed by atoms with Gasteiger partial charge in [0.2, 0.25) is 0 Å². The van der Waals surface area contributed by atoms with Gasteiger partial charge in [-0.15, -0.1) is 6.58 Å². The van der Waals surface area contributed by atoms with Gasteiger partial charge >= 0.3 is 6.03 Å². The number of nitrogens with one attached hydrogen (secondary N) is 1. The lowest BCUT2D eigenvalue weighted by Gasteiger charge is -2.33. The maximum atomic E-state index is 14.4. The van der Waals surface area contributed by atoms with Crippen molar-refractivity contribution in [2.24, 2.45) is 0 Å². The minimum atomic E-state index is -0.828. The lowest BCUT2D eigenvalue weighted by atomic mass is 9.95. The maximum absolute atomic E-state index is 14.4. The van der Waals surface area contributed by atoms with E-state index >= 15 is 0 Å². The molecule has 1 unspecified atom stereocenters. The van der Waals surface area contributed by atoms with Gasteiger partial charge in [0.15, 0.2) is 0 Å². The van der Waals surface area contributed by atoms with E-state index in [2.05, 4.69) is 16.9 Å². The maximum Gasteiger partial charge on any atom is 0.322 e. The molecule has 1 aromatic carbocycles. The second-order valence-electron chi connectivity index (χ2n) is 6.65. The van der Waals surface area contributed by atoms with E-state index in [9.17, 15) is 14.0 Å². The van der Waals surface area contributed by atoms with E-state index in [0.717, 1.165) is 5.69 Å². The molecule has 6 nitrogen and oxygen atoms in total. The van der Waals surface area contributed by atoms with Crippen LogP contribution in [0.1, 0.15) is 17.3 Å². The predicted octanol–water partition coefficient (Wildman–Crippen LogP) is 2.77. The molecule has 3 heterocycles. The summed E-state index contributed by atoms with van der Waals surface area (Å²) < 4.78 is 14.4. The second-order valence-corrected chi connectivity index (χ2v) is 6.65. The zero-order valence-electron chi connectivity index (χ0n) is 15.1. The molecule has 4 rings (SSSR count). The van der Waals surface area contributed by atoms with Crippen LogP contribution in [0, 0.1) is 5.82 Å². The van der Waals surface area contributed by atoms with Crippen molar-refractivity contribution in [2.45, 2.75) is 12.6 Å². The Balaban J connectivity index is 1.73. The minimum Gasteiger partial charge on any atom is -0.327 e. The molecule has 0 saturated carbocycles. The van der Waals surface area contributed by atoms with Crippen LogP contribution in [0.15, 0.2) is 72.6 Å². The fraction of sp³-hybridized carbons (Fsp3) is 0.190. The topological polar surface area (TPSA) is 65.5 Å². The Morgan fingerprint density at radius 3 is 2.71 bits per heavy atom. The Bertz CT molecular complexity index is 973. The molecular formula is C21H19FN4O2. The van der Waals surface area contributed by atoms with Gasteiger partial charge in [-0.2, -0.15) is 0 Å². The first kappa shape index (κ1) is 17.9. The van der Waals surface area contributed by atoms with Crippen molar-refractivity contribution >= 4 is 11.9 Å². The van der Waals surface area contributed by atoms with E-state index in [1.54, 1.807) is 41.4 Å². The summed E-state index contributed by atoms with van der Waals surface area (Å²) in [5, 5.41) is 2.77. The number of carbonyl (C=O) groups is 2. The number of pyridine rings is 1. The molecule has 0 bridgehead atoms. The fourth-order valence-electron chi connectivity index (χ4n) is 3.63. The number of carbonyl (C=O) groups excluding carboxylic acids is 2. The Kier molecular flexibility index (Phi) is 4.65. The summed E-state index contributed by atoms with van der Waals surface area (Å²) in [5.41, 5.74) is 1.99. The number of benzene rings is 1. The number of hydrogen-bond acceptors (Lipinski definition) is 3. The van der Waals surface area contributed by atoms with Crippen LogP contribution in [0.25, 0.3) is 0 Å². The first-order valence-electron chi connectivity index (χ1n) is 8.95. The molecule has 7 heteroatoms. The highest BCUT2D eigenvalue weighted by atomic mass is 19.1. The van der Waals surface area contributed by atoms with Crippen LogP contribution in [-0.2, 0) is 11.3 Å². The molecule has 28 heavy (non-hydrogen) atoms. The highest BCUT2D eigenvalue weighted by Gasteiger charge is 2.44. The highest BCUT2D eigenvalue weighted by Crippen LogP contribution is 2.37. The standard InChI is InChI=1S/C21H19FN4O2/c1-2-11-26-17-13-25(12-14-7-5-6-10-23-14)20(27)18(17)19(24-21(26)28)15-8-3-4-9-16(15)22/h2-10,19H,1,11-13H2,(H,24,28). The van der Waals surface area contributed by atoms with Crippen molar-refractivity contribution < 1.29 is 14.0 Å². The van der Waals surface area contributed by atoms with Crippen LogP contribution < -0.4 is 5.32 Å². The van der Waals surface area contributed by atoms with Crippen LogP contribution in [-0.4, -0.2) is 39.8 Å². The third-order valence-electron chi connectivity index (χ3n) is 4.90. The SMILES string of the molecule is C=CCN1C(=O)NC(c2ccccc2F)C2=C1CN(Cc1ccccn1)C2=O. The molecule has 0 spiro atoms. The molecule has 1 atom stereocenters. The van der Waals surface area contributed by atoms with E-state index < -0.39 is 11.9 Å². The summed E-state index contributed by atoms with van der Waals surface area (Å²) in [6, 6.07) is 10.5. The van der Waals surface area contributed by atoms with Crippen LogP contribution in [0.2, 0.25) is 0 Å². The summed E-state index contributed by atoms with van der Waals surface area (Å²) in [4.78, 5) is 33.2. The third-order valence-corrected chi connectivity index (χ3v) is 4.90. The average Bonchev–Trinajstić information content (AvgIpc) is 3.01. The molecule has 1 N–H and O–H groups in total. The smallest absolute Gasteiger partial charge is 0.322 e. The molecule has 2 aromatic rings. The van der Waals surface area contributed by atoms with Gasteiger partial charge in [-0.25, -0.2) is 9.18 Å². The number of rotatable bonds is 5. The van der Waals surface area contributed by atoms with E-state index in [-0.39, 0.29) is 30.6 Å². The van der Waals surface area contributed by atoms with Gasteiger partial charge in [0.05, 0.1) is 36.1 Å². The summed E-state index contributed by atoms with van der Waals surface area (Å²) in [7, 11) is 0. The number of halogens is 1. The van der Waals surface area contributed by atoms with Gasteiger partial charge in [-0.1, -0.05) is 30.3 Å². The zero-order chi connectivity index (χ0) is 19.7. The molecule has 0 radical (unpaired) electrons. The quantitative estimate of drug-likeness (QED) is 0.814. The zero-order valence-corrected chi connectivity index (χ0v) is 15.1. The third kappa shape index (κ3) is 3.05. The van der Waals surface area contributed by atoms with Crippen molar-refractivity contribution in [1.82, 2.24) is 20.1 Å². The van der Waals surface area contributed by atoms with E-state index in [0.29, 0.717) is 17.8 Å². The van der Waals surface area contributed by atoms with Gasteiger partial charge in [0.1, 0.15) is 5.82 Å². The normalized spacial score (nSPS) is 19.0. The van der Waals surface area contributed by atoms with E-state index in [4.69, 9.17) is 0 Å². The molecular weight excluding hydrogens is 359 g/mol. The van der Waals surface area contributed by atoms with Crippen LogP contribution in [0.5, 0.6) is 0 Å². The Morgan fingerprint density at radius 2 is 2.00 bits per heavy atom. The first-order chi connectivity index (χ1) is 13.6. The van der Waals surface area contributed by atoms with Crippen molar-refractivity contribution in [3.8, 4) is 0 Å². The molecule has 1 aromatic heterocycles. The molecule has 0 fully saturated rings. The van der Waals surface area contributed by atoms with Crippen molar-refractivity contribution in [1.29, 1.82) is 0 Å². The number of hydrogen-bond donors (Lipinski definition) is 1. The fourth-order valence-corrected chi connectivity index (χ4v) is 3.63. The highest BCUT2D eigenvalue weighted by molar-refractivity contribution is 6.01. The number of nitrogens with zero attached hydrogens (tertiary/aromatic N) is 3. The number of aromatic nitrogens is 1. The largest absolute Gasteiger partial charge is 0.327 e. The van der Waals surface area contributed by atoms with Gasteiger partial charge < -0.3 is 10.2 Å². The summed E-state index contributed by atoms with van der Waals surface area (Å²) >= 11 is 0. The molecule has 0 saturated heterocycles. The molecule has 2 aliphatic rings. The predicted molar refractivity (Wildman–Crippen MR) is 101 cm³/mol. The van der Waals surface area contributed by atoms with Crippen molar-refractivity contribution in [3.05, 3.63) is 89.7 Å². The molecule has 3 amide bonds. The average molecular weight is 378 g/mol. The second kappa shape index (κ2) is 7.26.